The molecular weight excluding hydrogens is 388 g/mol. The number of hydrogen-bond donors (Lipinski definition) is 3. The number of nitrogens with one attached hydrogen (secondary N) is 2. The Bertz CT molecular complexity index is 1100. The maximum absolute atomic E-state index is 13.2. The minimum atomic E-state index is -0.371. The maximum atomic E-state index is 13.2. The summed E-state index contributed by atoms with van der Waals surface area (Å²) in [5, 5.41) is 3.34. The smallest absolute Gasteiger partial charge is 0.200 e. The van der Waals surface area contributed by atoms with Crippen molar-refractivity contribution in [2.45, 2.75) is 32.6 Å². The first-order valence-corrected chi connectivity index (χ1v) is 9.80. The normalized spacial score (nSPS) is 19.9. The second kappa shape index (κ2) is 6.88. The van der Waals surface area contributed by atoms with E-state index < -0.39 is 0 Å². The zero-order valence-electron chi connectivity index (χ0n) is 16.9. The molecule has 0 spiro atoms. The van der Waals surface area contributed by atoms with E-state index in [4.69, 9.17) is 27.4 Å². The van der Waals surface area contributed by atoms with Crippen LogP contribution in [0.5, 0.6) is 11.5 Å². The highest BCUT2D eigenvalue weighted by Crippen LogP contribution is 2.50. The number of benzene rings is 1. The van der Waals surface area contributed by atoms with Crippen LogP contribution < -0.4 is 20.5 Å². The largest absolute Gasteiger partial charge is 0.493 e. The van der Waals surface area contributed by atoms with Crippen LogP contribution in [0.4, 0.5) is 11.6 Å². The molecule has 2 aromatic rings. The van der Waals surface area contributed by atoms with Crippen molar-refractivity contribution >= 4 is 29.6 Å². The average Bonchev–Trinajstić information content (AvgIpc) is 2.64. The molecule has 1 unspecified atom stereocenters. The van der Waals surface area contributed by atoms with Gasteiger partial charge in [-0.25, -0.2) is 4.98 Å². The molecule has 2 heterocycles. The van der Waals surface area contributed by atoms with E-state index in [1.807, 2.05) is 18.2 Å². The summed E-state index contributed by atoms with van der Waals surface area (Å²) in [6.07, 6.45) is 1.22. The molecule has 0 saturated carbocycles. The molecule has 152 valence electrons. The van der Waals surface area contributed by atoms with Gasteiger partial charge in [0, 0.05) is 29.2 Å². The van der Waals surface area contributed by atoms with Crippen LogP contribution in [-0.4, -0.2) is 30.0 Å². The molecule has 0 saturated heterocycles. The van der Waals surface area contributed by atoms with Gasteiger partial charge in [0.2, 0.25) is 0 Å². The number of aromatic nitrogens is 2. The molecule has 2 aliphatic rings. The number of nitrogen functional groups attached to an aromatic ring is 1. The lowest BCUT2D eigenvalue weighted by Gasteiger charge is -2.39. The monoisotopic (exact) mass is 412 g/mol. The Labute approximate surface area is 174 Å². The van der Waals surface area contributed by atoms with E-state index in [0.29, 0.717) is 34.3 Å². The molecule has 1 aromatic carbocycles. The number of methoxy groups -OCH3 is 2. The van der Waals surface area contributed by atoms with Crippen molar-refractivity contribution in [1.82, 2.24) is 9.97 Å². The van der Waals surface area contributed by atoms with Crippen LogP contribution in [0.2, 0.25) is 0 Å². The first-order chi connectivity index (χ1) is 13.7. The van der Waals surface area contributed by atoms with E-state index in [1.165, 1.54) is 0 Å². The molecule has 8 heteroatoms. The van der Waals surface area contributed by atoms with E-state index >= 15 is 0 Å². The number of aromatic amines is 1. The summed E-state index contributed by atoms with van der Waals surface area (Å²) < 4.78 is 11.2. The van der Waals surface area contributed by atoms with Crippen LogP contribution in [0.1, 0.15) is 43.7 Å². The molecular formula is C21H24N4O3S. The number of ether oxygens (including phenoxy) is 2. The van der Waals surface area contributed by atoms with Crippen LogP contribution in [0.3, 0.4) is 0 Å². The van der Waals surface area contributed by atoms with Gasteiger partial charge in [0.15, 0.2) is 22.1 Å². The highest BCUT2D eigenvalue weighted by Gasteiger charge is 2.42. The number of allylic oxidation sites excluding steroid dienone is 2. The van der Waals surface area contributed by atoms with Crippen LogP contribution >= 0.6 is 12.2 Å². The summed E-state index contributed by atoms with van der Waals surface area (Å²) in [4.78, 5) is 20.6. The number of rotatable bonds is 3. The highest BCUT2D eigenvalue weighted by molar-refractivity contribution is 7.71. The van der Waals surface area contributed by atoms with Gasteiger partial charge in [-0.2, -0.15) is 0 Å². The summed E-state index contributed by atoms with van der Waals surface area (Å²) in [6.45, 7) is 4.19. The van der Waals surface area contributed by atoms with Crippen molar-refractivity contribution in [1.29, 1.82) is 0 Å². The number of Topliss-reactive ketones (excluding diaryl/α,β-unsaturated/α-hetero) is 1. The molecule has 7 nitrogen and oxygen atoms in total. The zero-order chi connectivity index (χ0) is 20.9. The Morgan fingerprint density at radius 1 is 1.21 bits per heavy atom. The third-order valence-electron chi connectivity index (χ3n) is 5.51. The molecule has 29 heavy (non-hydrogen) atoms. The minimum absolute atomic E-state index is 0.107. The highest BCUT2D eigenvalue weighted by atomic mass is 32.1. The fourth-order valence-electron chi connectivity index (χ4n) is 4.32. The molecule has 1 aliphatic heterocycles. The lowest BCUT2D eigenvalue weighted by molar-refractivity contribution is -0.118. The van der Waals surface area contributed by atoms with E-state index in [-0.39, 0.29) is 17.1 Å². The van der Waals surface area contributed by atoms with E-state index in [1.54, 1.807) is 14.2 Å². The van der Waals surface area contributed by atoms with Gasteiger partial charge >= 0.3 is 0 Å². The fourth-order valence-corrected chi connectivity index (χ4v) is 4.52. The Morgan fingerprint density at radius 2 is 1.93 bits per heavy atom. The van der Waals surface area contributed by atoms with E-state index in [9.17, 15) is 4.79 Å². The maximum Gasteiger partial charge on any atom is 0.200 e. The van der Waals surface area contributed by atoms with Crippen molar-refractivity contribution in [2.24, 2.45) is 5.41 Å². The van der Waals surface area contributed by atoms with Gasteiger partial charge in [-0.1, -0.05) is 19.9 Å². The first-order valence-electron chi connectivity index (χ1n) is 9.39. The quantitative estimate of drug-likeness (QED) is 0.656. The summed E-state index contributed by atoms with van der Waals surface area (Å²) in [7, 11) is 3.18. The van der Waals surface area contributed by atoms with Crippen LogP contribution in [0, 0.1) is 10.2 Å². The van der Waals surface area contributed by atoms with Crippen LogP contribution in [0.15, 0.2) is 29.5 Å². The molecule has 1 aromatic heterocycles. The topological polar surface area (TPSA) is 102 Å². The van der Waals surface area contributed by atoms with Gasteiger partial charge in [0.25, 0.3) is 0 Å². The van der Waals surface area contributed by atoms with E-state index in [0.717, 1.165) is 28.8 Å². The zero-order valence-corrected chi connectivity index (χ0v) is 17.7. The predicted octanol–water partition coefficient (Wildman–Crippen LogP) is 3.94. The Morgan fingerprint density at radius 3 is 2.62 bits per heavy atom. The van der Waals surface area contributed by atoms with E-state index in [2.05, 4.69) is 29.1 Å². The van der Waals surface area contributed by atoms with Crippen molar-refractivity contribution in [3.05, 3.63) is 45.4 Å². The standard InChI is InChI=1S/C21H24N4O3S/c1-21(2)8-11-16(12(26)9-21)15(10-5-6-13(27-3)14(7-10)28-4)17-18(22)24-20(29)25-19(17)23-11/h5-7,15H,8-9H2,1-4H3,(H4,22,23,24,25,29). The minimum Gasteiger partial charge on any atom is -0.493 e. The van der Waals surface area contributed by atoms with Gasteiger partial charge in [0.1, 0.15) is 11.6 Å². The van der Waals surface area contributed by atoms with Gasteiger partial charge in [-0.15, -0.1) is 0 Å². The number of fused-ring (bicyclic) bond motifs is 1. The van der Waals surface area contributed by atoms with Crippen LogP contribution in [0.25, 0.3) is 0 Å². The lowest BCUT2D eigenvalue weighted by atomic mass is 9.69. The van der Waals surface area contributed by atoms with Crippen molar-refractivity contribution in [2.75, 3.05) is 25.3 Å². The summed E-state index contributed by atoms with van der Waals surface area (Å²) in [5.41, 5.74) is 9.40. The number of H-pyrrole nitrogens is 1. The third kappa shape index (κ3) is 3.27. The summed E-state index contributed by atoms with van der Waals surface area (Å²) >= 11 is 5.22. The Balaban J connectivity index is 1.98. The second-order valence-corrected chi connectivity index (χ2v) is 8.61. The molecule has 0 fully saturated rings. The molecule has 0 bridgehead atoms. The molecule has 0 amide bonds. The van der Waals surface area contributed by atoms with Gasteiger partial charge in [-0.05, 0) is 41.7 Å². The third-order valence-corrected chi connectivity index (χ3v) is 5.70. The molecule has 0 radical (unpaired) electrons. The number of ketones is 1. The lowest BCUT2D eigenvalue weighted by Crippen LogP contribution is -2.34. The fraction of sp³-hybridized carbons (Fsp3) is 0.381. The van der Waals surface area contributed by atoms with Gasteiger partial charge in [0.05, 0.1) is 14.2 Å². The van der Waals surface area contributed by atoms with Gasteiger partial charge < -0.3 is 25.5 Å². The SMILES string of the molecule is COc1ccc(C2C3=C(CC(C)(C)CC3=O)Nc3nc(=S)[nH]c(N)c32)cc1OC. The Hall–Kier alpha value is -2.87. The van der Waals surface area contributed by atoms with Gasteiger partial charge in [-0.3, -0.25) is 4.79 Å². The van der Waals surface area contributed by atoms with Crippen molar-refractivity contribution in [3.8, 4) is 11.5 Å². The predicted molar refractivity (Wildman–Crippen MR) is 114 cm³/mol. The van der Waals surface area contributed by atoms with Crippen molar-refractivity contribution in [3.63, 3.8) is 0 Å². The molecule has 1 atom stereocenters. The summed E-state index contributed by atoms with van der Waals surface area (Å²) in [6, 6.07) is 5.65. The number of hydrogen-bond acceptors (Lipinski definition) is 7. The van der Waals surface area contributed by atoms with Crippen molar-refractivity contribution < 1.29 is 14.3 Å². The average molecular weight is 413 g/mol. The van der Waals surface area contributed by atoms with Crippen LogP contribution in [-0.2, 0) is 4.79 Å². The first kappa shape index (κ1) is 19.4. The molecule has 4 N–H and O–H groups in total. The number of nitrogens with zero attached hydrogens (tertiary/aromatic N) is 1. The second-order valence-electron chi connectivity index (χ2n) is 8.22. The number of nitrogens with two attached hydrogens (primary N) is 1. The summed E-state index contributed by atoms with van der Waals surface area (Å²) in [5.74, 6) is 1.94. The number of carbonyl (C=O) groups excluding carboxylic acids is 1. The molecule has 4 rings (SSSR count). The number of anilines is 2. The molecule has 1 aliphatic carbocycles. The number of carbonyl (C=O) groups is 1. The Kier molecular flexibility index (Phi) is 4.61.